The number of aromatic nitrogens is 1. The summed E-state index contributed by atoms with van der Waals surface area (Å²) in [6.45, 7) is 2.83. The van der Waals surface area contributed by atoms with Gasteiger partial charge in [0.2, 0.25) is 0 Å². The fourth-order valence-electron chi connectivity index (χ4n) is 3.26. The molecule has 1 N–H and O–H groups in total. The van der Waals surface area contributed by atoms with Crippen LogP contribution in [0.2, 0.25) is 0 Å². The molecule has 0 unspecified atom stereocenters. The van der Waals surface area contributed by atoms with Crippen molar-refractivity contribution in [3.63, 3.8) is 0 Å². The van der Waals surface area contributed by atoms with Gasteiger partial charge in [0.1, 0.15) is 17.4 Å². The Morgan fingerprint density at radius 3 is 2.57 bits per heavy atom. The third-order valence-electron chi connectivity index (χ3n) is 4.79. The van der Waals surface area contributed by atoms with Crippen LogP contribution in [0.15, 0.2) is 65.4 Å². The lowest BCUT2D eigenvalue weighted by atomic mass is 10.2. The molecule has 3 heterocycles. The summed E-state index contributed by atoms with van der Waals surface area (Å²) in [5.41, 5.74) is 1.13. The maximum Gasteiger partial charge on any atom is 0.255 e. The molecular weight excluding hydrogens is 359 g/mol. The third kappa shape index (κ3) is 3.98. The van der Waals surface area contributed by atoms with Crippen LogP contribution in [0.5, 0.6) is 0 Å². The van der Waals surface area contributed by atoms with Gasteiger partial charge in [0, 0.05) is 32.4 Å². The zero-order valence-corrected chi connectivity index (χ0v) is 15.3. The van der Waals surface area contributed by atoms with Crippen LogP contribution >= 0.6 is 0 Å². The lowest BCUT2D eigenvalue weighted by molar-refractivity contribution is 0.0746. The number of carbonyl (C=O) groups is 1. The quantitative estimate of drug-likeness (QED) is 0.735. The van der Waals surface area contributed by atoms with Crippen molar-refractivity contribution in [2.75, 3.05) is 36.4 Å². The van der Waals surface area contributed by atoms with E-state index in [0.717, 1.165) is 5.76 Å². The van der Waals surface area contributed by atoms with Gasteiger partial charge < -0.3 is 19.5 Å². The van der Waals surface area contributed by atoms with E-state index >= 15 is 0 Å². The van der Waals surface area contributed by atoms with Gasteiger partial charge in [-0.15, -0.1) is 0 Å². The van der Waals surface area contributed by atoms with Crippen LogP contribution in [0.3, 0.4) is 0 Å². The van der Waals surface area contributed by atoms with Crippen LogP contribution in [0.25, 0.3) is 0 Å². The molecule has 0 spiro atoms. The molecule has 0 bridgehead atoms. The lowest BCUT2D eigenvalue weighted by Gasteiger charge is -2.36. The van der Waals surface area contributed by atoms with E-state index in [2.05, 4.69) is 10.3 Å². The number of rotatable bonds is 5. The monoisotopic (exact) mass is 380 g/mol. The molecule has 1 aromatic carbocycles. The number of hydrogen-bond acceptors (Lipinski definition) is 5. The van der Waals surface area contributed by atoms with Crippen molar-refractivity contribution in [3.05, 3.63) is 78.1 Å². The maximum absolute atomic E-state index is 13.9. The summed E-state index contributed by atoms with van der Waals surface area (Å²) in [6, 6.07) is 14.0. The van der Waals surface area contributed by atoms with E-state index in [1.54, 1.807) is 41.6 Å². The summed E-state index contributed by atoms with van der Waals surface area (Å²) in [6.07, 6.45) is 3.20. The molecule has 28 heavy (non-hydrogen) atoms. The highest BCUT2D eigenvalue weighted by Crippen LogP contribution is 2.21. The third-order valence-corrected chi connectivity index (χ3v) is 4.79. The van der Waals surface area contributed by atoms with E-state index in [9.17, 15) is 9.18 Å². The summed E-state index contributed by atoms with van der Waals surface area (Å²) >= 11 is 0. The Balaban J connectivity index is 1.33. The molecule has 0 saturated carbocycles. The number of benzene rings is 1. The fourth-order valence-corrected chi connectivity index (χ4v) is 3.26. The van der Waals surface area contributed by atoms with E-state index in [-0.39, 0.29) is 11.7 Å². The van der Waals surface area contributed by atoms with Gasteiger partial charge in [-0.25, -0.2) is 9.37 Å². The molecule has 1 aliphatic heterocycles. The second kappa shape index (κ2) is 8.12. The number of anilines is 2. The van der Waals surface area contributed by atoms with Gasteiger partial charge in [-0.3, -0.25) is 4.79 Å². The standard InChI is InChI=1S/C21H21FN4O2/c22-18-5-1-2-6-19(18)25-9-11-26(12-10-25)21(27)16-7-8-20(23-14-16)24-15-17-4-3-13-28-17/h1-8,13-14H,9-12,15H2,(H,23,24). The number of amides is 1. The summed E-state index contributed by atoms with van der Waals surface area (Å²) in [4.78, 5) is 20.8. The Morgan fingerprint density at radius 1 is 1.07 bits per heavy atom. The van der Waals surface area contributed by atoms with Crippen molar-refractivity contribution in [2.45, 2.75) is 6.54 Å². The normalized spacial score (nSPS) is 14.2. The van der Waals surface area contributed by atoms with Crippen LogP contribution < -0.4 is 10.2 Å². The molecule has 1 aliphatic rings. The zero-order valence-electron chi connectivity index (χ0n) is 15.3. The Morgan fingerprint density at radius 2 is 1.89 bits per heavy atom. The Labute approximate surface area is 162 Å². The fraction of sp³-hybridized carbons (Fsp3) is 0.238. The van der Waals surface area contributed by atoms with E-state index < -0.39 is 0 Å². The number of nitrogens with zero attached hydrogens (tertiary/aromatic N) is 3. The number of pyridine rings is 1. The van der Waals surface area contributed by atoms with Crippen LogP contribution in [0.4, 0.5) is 15.9 Å². The van der Waals surface area contributed by atoms with Crippen LogP contribution in [-0.4, -0.2) is 42.0 Å². The highest BCUT2D eigenvalue weighted by Gasteiger charge is 2.23. The second-order valence-electron chi connectivity index (χ2n) is 6.60. The first kappa shape index (κ1) is 18.0. The molecule has 0 aliphatic carbocycles. The van der Waals surface area contributed by atoms with Gasteiger partial charge in [0.25, 0.3) is 5.91 Å². The number of halogens is 1. The number of carbonyl (C=O) groups excluding carboxylic acids is 1. The molecule has 0 radical (unpaired) electrons. The van der Waals surface area contributed by atoms with E-state index in [1.165, 1.54) is 6.07 Å². The van der Waals surface area contributed by atoms with Gasteiger partial charge >= 0.3 is 0 Å². The van der Waals surface area contributed by atoms with Crippen molar-refractivity contribution in [3.8, 4) is 0 Å². The van der Waals surface area contributed by atoms with Gasteiger partial charge in [0.05, 0.1) is 24.1 Å². The second-order valence-corrected chi connectivity index (χ2v) is 6.60. The topological polar surface area (TPSA) is 61.6 Å². The first-order chi connectivity index (χ1) is 13.7. The molecule has 1 saturated heterocycles. The van der Waals surface area contributed by atoms with Gasteiger partial charge in [-0.05, 0) is 36.4 Å². The molecule has 144 valence electrons. The molecule has 0 atom stereocenters. The predicted octanol–water partition coefficient (Wildman–Crippen LogP) is 3.39. The zero-order chi connectivity index (χ0) is 19.3. The Hall–Kier alpha value is -3.35. The summed E-state index contributed by atoms with van der Waals surface area (Å²) < 4.78 is 19.2. The summed E-state index contributed by atoms with van der Waals surface area (Å²) in [5, 5.41) is 3.15. The molecule has 3 aromatic rings. The predicted molar refractivity (Wildman–Crippen MR) is 105 cm³/mol. The average Bonchev–Trinajstić information content (AvgIpc) is 3.26. The number of piperazine rings is 1. The van der Waals surface area contributed by atoms with Crippen molar-refractivity contribution < 1.29 is 13.6 Å². The molecule has 6 nitrogen and oxygen atoms in total. The van der Waals surface area contributed by atoms with E-state index in [4.69, 9.17) is 4.42 Å². The molecule has 1 fully saturated rings. The van der Waals surface area contributed by atoms with Gasteiger partial charge in [-0.1, -0.05) is 12.1 Å². The molecule has 1 amide bonds. The minimum Gasteiger partial charge on any atom is -0.467 e. The van der Waals surface area contributed by atoms with Crippen LogP contribution in [0, 0.1) is 5.82 Å². The minimum absolute atomic E-state index is 0.0572. The van der Waals surface area contributed by atoms with E-state index in [1.807, 2.05) is 23.1 Å². The molecule has 2 aromatic heterocycles. The smallest absolute Gasteiger partial charge is 0.255 e. The SMILES string of the molecule is O=C(c1ccc(NCc2ccco2)nc1)N1CCN(c2ccccc2F)CC1. The lowest BCUT2D eigenvalue weighted by Crippen LogP contribution is -2.49. The number of hydrogen-bond donors (Lipinski definition) is 1. The van der Waals surface area contributed by atoms with Crippen LogP contribution in [-0.2, 0) is 6.54 Å². The maximum atomic E-state index is 13.9. The molecule has 7 heteroatoms. The summed E-state index contributed by atoms with van der Waals surface area (Å²) in [5.74, 6) is 1.20. The minimum atomic E-state index is -0.232. The number of nitrogens with one attached hydrogen (secondary N) is 1. The molecule has 4 rings (SSSR count). The van der Waals surface area contributed by atoms with E-state index in [0.29, 0.717) is 49.8 Å². The van der Waals surface area contributed by atoms with Gasteiger partial charge in [-0.2, -0.15) is 0 Å². The Kier molecular flexibility index (Phi) is 5.23. The largest absolute Gasteiger partial charge is 0.467 e. The number of furan rings is 1. The average molecular weight is 380 g/mol. The first-order valence-electron chi connectivity index (χ1n) is 9.22. The Bertz CT molecular complexity index is 920. The highest BCUT2D eigenvalue weighted by molar-refractivity contribution is 5.94. The number of para-hydroxylation sites is 1. The van der Waals surface area contributed by atoms with Crippen molar-refractivity contribution >= 4 is 17.4 Å². The highest BCUT2D eigenvalue weighted by atomic mass is 19.1. The first-order valence-corrected chi connectivity index (χ1v) is 9.22. The van der Waals surface area contributed by atoms with Crippen molar-refractivity contribution in [2.24, 2.45) is 0 Å². The summed E-state index contributed by atoms with van der Waals surface area (Å²) in [7, 11) is 0. The van der Waals surface area contributed by atoms with Crippen molar-refractivity contribution in [1.29, 1.82) is 0 Å². The van der Waals surface area contributed by atoms with Crippen LogP contribution in [0.1, 0.15) is 16.1 Å². The van der Waals surface area contributed by atoms with Crippen molar-refractivity contribution in [1.82, 2.24) is 9.88 Å². The van der Waals surface area contributed by atoms with Gasteiger partial charge in [0.15, 0.2) is 0 Å². The molecular formula is C21H21FN4O2.